The zero-order valence-electron chi connectivity index (χ0n) is 10.9. The summed E-state index contributed by atoms with van der Waals surface area (Å²) in [4.78, 5) is 0.339. The zero-order valence-corrected chi connectivity index (χ0v) is 11.7. The Balaban J connectivity index is 2.04. The molecule has 1 aliphatic carbocycles. The minimum Gasteiger partial charge on any atom is -0.316 e. The van der Waals surface area contributed by atoms with E-state index in [9.17, 15) is 8.42 Å². The quantitative estimate of drug-likeness (QED) is 0.821. The van der Waals surface area contributed by atoms with Crippen molar-refractivity contribution < 1.29 is 8.42 Å². The number of rotatable bonds is 6. The van der Waals surface area contributed by atoms with Gasteiger partial charge in [0.05, 0.1) is 4.90 Å². The standard InChI is InChI=1S/C13H20N2O2S/c1-13(7-8-13)10-15-18(16,17)12-5-3-11(4-6-12)9-14-2/h3-6,14-15H,7-10H2,1-2H3. The van der Waals surface area contributed by atoms with Crippen LogP contribution >= 0.6 is 0 Å². The molecule has 2 rings (SSSR count). The van der Waals surface area contributed by atoms with Crippen molar-refractivity contribution in [2.24, 2.45) is 5.41 Å². The maximum absolute atomic E-state index is 12.0. The molecule has 2 N–H and O–H groups in total. The third-order valence-electron chi connectivity index (χ3n) is 3.41. The average Bonchev–Trinajstić information content (AvgIpc) is 3.07. The van der Waals surface area contributed by atoms with Crippen molar-refractivity contribution in [3.63, 3.8) is 0 Å². The zero-order chi connectivity index (χ0) is 13.2. The van der Waals surface area contributed by atoms with E-state index in [-0.39, 0.29) is 5.41 Å². The van der Waals surface area contributed by atoms with Gasteiger partial charge in [-0.2, -0.15) is 0 Å². The molecule has 0 aliphatic heterocycles. The molecule has 1 fully saturated rings. The van der Waals surface area contributed by atoms with Crippen LogP contribution in [-0.4, -0.2) is 22.0 Å². The molecule has 1 aromatic carbocycles. The Bertz CT molecular complexity index is 504. The van der Waals surface area contributed by atoms with E-state index in [1.807, 2.05) is 19.2 Å². The molecule has 0 amide bonds. The highest BCUT2D eigenvalue weighted by molar-refractivity contribution is 7.89. The van der Waals surface area contributed by atoms with Crippen LogP contribution in [-0.2, 0) is 16.6 Å². The molecule has 0 atom stereocenters. The van der Waals surface area contributed by atoms with E-state index < -0.39 is 10.0 Å². The van der Waals surface area contributed by atoms with Crippen LogP contribution < -0.4 is 10.0 Å². The van der Waals surface area contributed by atoms with Gasteiger partial charge in [-0.15, -0.1) is 0 Å². The van der Waals surface area contributed by atoms with Crippen molar-refractivity contribution in [1.29, 1.82) is 0 Å². The molecular weight excluding hydrogens is 248 g/mol. The molecular formula is C13H20N2O2S. The summed E-state index contributed by atoms with van der Waals surface area (Å²) in [5.74, 6) is 0. The maximum Gasteiger partial charge on any atom is 0.240 e. The van der Waals surface area contributed by atoms with Crippen molar-refractivity contribution in [1.82, 2.24) is 10.0 Å². The average molecular weight is 268 g/mol. The second-order valence-electron chi connectivity index (χ2n) is 5.31. The van der Waals surface area contributed by atoms with Gasteiger partial charge in [0.15, 0.2) is 0 Å². The fourth-order valence-corrected chi connectivity index (χ4v) is 2.93. The van der Waals surface area contributed by atoms with E-state index in [1.54, 1.807) is 12.1 Å². The second kappa shape index (κ2) is 4.99. The lowest BCUT2D eigenvalue weighted by Gasteiger charge is -2.11. The van der Waals surface area contributed by atoms with Crippen molar-refractivity contribution in [3.8, 4) is 0 Å². The summed E-state index contributed by atoms with van der Waals surface area (Å²) in [7, 11) is -1.49. The van der Waals surface area contributed by atoms with Gasteiger partial charge in [-0.1, -0.05) is 19.1 Å². The van der Waals surface area contributed by atoms with E-state index in [0.29, 0.717) is 11.4 Å². The normalized spacial score (nSPS) is 17.7. The van der Waals surface area contributed by atoms with Crippen molar-refractivity contribution in [2.75, 3.05) is 13.6 Å². The fourth-order valence-electron chi connectivity index (χ4n) is 1.73. The summed E-state index contributed by atoms with van der Waals surface area (Å²) in [6, 6.07) is 6.99. The second-order valence-corrected chi connectivity index (χ2v) is 7.08. The first-order valence-electron chi connectivity index (χ1n) is 6.18. The SMILES string of the molecule is CNCc1ccc(S(=O)(=O)NCC2(C)CC2)cc1. The number of hydrogen-bond donors (Lipinski definition) is 2. The third-order valence-corrected chi connectivity index (χ3v) is 4.82. The fraction of sp³-hybridized carbons (Fsp3) is 0.538. The van der Waals surface area contributed by atoms with Gasteiger partial charge >= 0.3 is 0 Å². The predicted octanol–water partition coefficient (Wildman–Crippen LogP) is 1.48. The highest BCUT2D eigenvalue weighted by Crippen LogP contribution is 2.44. The van der Waals surface area contributed by atoms with Crippen LogP contribution in [0.5, 0.6) is 0 Å². The summed E-state index contributed by atoms with van der Waals surface area (Å²) in [5.41, 5.74) is 1.25. The minimum absolute atomic E-state index is 0.180. The molecule has 18 heavy (non-hydrogen) atoms. The monoisotopic (exact) mass is 268 g/mol. The molecule has 0 aromatic heterocycles. The number of nitrogens with one attached hydrogen (secondary N) is 2. The molecule has 0 bridgehead atoms. The molecule has 0 unspecified atom stereocenters. The van der Waals surface area contributed by atoms with Crippen LogP contribution in [0.4, 0.5) is 0 Å². The van der Waals surface area contributed by atoms with Crippen LogP contribution in [0, 0.1) is 5.41 Å². The maximum atomic E-state index is 12.0. The van der Waals surface area contributed by atoms with Gasteiger partial charge in [-0.25, -0.2) is 13.1 Å². The molecule has 1 aliphatic rings. The van der Waals surface area contributed by atoms with E-state index in [2.05, 4.69) is 17.0 Å². The van der Waals surface area contributed by atoms with Crippen LogP contribution in [0.2, 0.25) is 0 Å². The lowest BCUT2D eigenvalue weighted by molar-refractivity contribution is 0.530. The first-order chi connectivity index (χ1) is 8.45. The lowest BCUT2D eigenvalue weighted by atomic mass is 10.2. The Morgan fingerprint density at radius 2 is 1.83 bits per heavy atom. The van der Waals surface area contributed by atoms with E-state index >= 15 is 0 Å². The smallest absolute Gasteiger partial charge is 0.240 e. The Morgan fingerprint density at radius 1 is 1.22 bits per heavy atom. The van der Waals surface area contributed by atoms with E-state index in [0.717, 1.165) is 24.9 Å². The lowest BCUT2D eigenvalue weighted by Crippen LogP contribution is -2.29. The molecule has 1 saturated carbocycles. The third kappa shape index (κ3) is 3.31. The van der Waals surface area contributed by atoms with E-state index in [1.165, 1.54) is 0 Å². The van der Waals surface area contributed by atoms with Crippen LogP contribution in [0.3, 0.4) is 0 Å². The molecule has 0 saturated heterocycles. The Hall–Kier alpha value is -0.910. The summed E-state index contributed by atoms with van der Waals surface area (Å²) < 4.78 is 26.8. The first-order valence-corrected chi connectivity index (χ1v) is 7.67. The van der Waals surface area contributed by atoms with Gasteiger partial charge in [0.2, 0.25) is 10.0 Å². The topological polar surface area (TPSA) is 58.2 Å². The predicted molar refractivity (Wildman–Crippen MR) is 71.7 cm³/mol. The highest BCUT2D eigenvalue weighted by atomic mass is 32.2. The van der Waals surface area contributed by atoms with Crippen LogP contribution in [0.1, 0.15) is 25.3 Å². The van der Waals surface area contributed by atoms with Gasteiger partial charge < -0.3 is 5.32 Å². The number of sulfonamides is 1. The summed E-state index contributed by atoms with van der Waals surface area (Å²) in [6.45, 7) is 3.38. The summed E-state index contributed by atoms with van der Waals surface area (Å²) in [5, 5.41) is 3.03. The van der Waals surface area contributed by atoms with Gasteiger partial charge in [-0.05, 0) is 43.0 Å². The summed E-state index contributed by atoms with van der Waals surface area (Å²) in [6.07, 6.45) is 2.22. The number of hydrogen-bond acceptors (Lipinski definition) is 3. The van der Waals surface area contributed by atoms with Crippen molar-refractivity contribution >= 4 is 10.0 Å². The molecule has 0 spiro atoms. The largest absolute Gasteiger partial charge is 0.316 e. The molecule has 0 radical (unpaired) electrons. The molecule has 5 heteroatoms. The Kier molecular flexibility index (Phi) is 3.75. The minimum atomic E-state index is -3.36. The van der Waals surface area contributed by atoms with Crippen molar-refractivity contribution in [3.05, 3.63) is 29.8 Å². The van der Waals surface area contributed by atoms with Crippen molar-refractivity contribution in [2.45, 2.75) is 31.2 Å². The van der Waals surface area contributed by atoms with Gasteiger partial charge in [0, 0.05) is 13.1 Å². The van der Waals surface area contributed by atoms with E-state index in [4.69, 9.17) is 0 Å². The Labute approximate surface area is 109 Å². The highest BCUT2D eigenvalue weighted by Gasteiger charge is 2.38. The van der Waals surface area contributed by atoms with Gasteiger partial charge in [-0.3, -0.25) is 0 Å². The first kappa shape index (κ1) is 13.5. The van der Waals surface area contributed by atoms with Crippen LogP contribution in [0.15, 0.2) is 29.2 Å². The Morgan fingerprint density at radius 3 is 2.33 bits per heavy atom. The molecule has 4 nitrogen and oxygen atoms in total. The summed E-state index contributed by atoms with van der Waals surface area (Å²) >= 11 is 0. The molecule has 100 valence electrons. The molecule has 1 aromatic rings. The van der Waals surface area contributed by atoms with Gasteiger partial charge in [0.25, 0.3) is 0 Å². The van der Waals surface area contributed by atoms with Gasteiger partial charge in [0.1, 0.15) is 0 Å². The molecule has 0 heterocycles. The van der Waals surface area contributed by atoms with Crippen LogP contribution in [0.25, 0.3) is 0 Å². The number of benzene rings is 1.